The van der Waals surface area contributed by atoms with E-state index in [1.165, 1.54) is 11.3 Å². The smallest absolute Gasteiger partial charge is 0.227 e. The lowest BCUT2D eigenvalue weighted by molar-refractivity contribution is -0.116. The van der Waals surface area contributed by atoms with E-state index in [4.69, 9.17) is 9.97 Å². The second-order valence-electron chi connectivity index (χ2n) is 7.95. The van der Waals surface area contributed by atoms with Gasteiger partial charge in [0.15, 0.2) is 5.65 Å². The van der Waals surface area contributed by atoms with E-state index >= 15 is 0 Å². The van der Waals surface area contributed by atoms with E-state index < -0.39 is 0 Å². The molecule has 0 fully saturated rings. The summed E-state index contributed by atoms with van der Waals surface area (Å²) in [5, 5.41) is 13.7. The summed E-state index contributed by atoms with van der Waals surface area (Å²) in [6.07, 6.45) is 1.17. The highest BCUT2D eigenvalue weighted by atomic mass is 32.1. The Kier molecular flexibility index (Phi) is 5.07. The molecule has 0 saturated heterocycles. The van der Waals surface area contributed by atoms with Gasteiger partial charge in [0.05, 0.1) is 16.6 Å². The molecule has 0 atom stereocenters. The number of hydrogen-bond donors (Lipinski definition) is 1. The fourth-order valence-corrected chi connectivity index (χ4v) is 4.71. The monoisotopic (exact) mass is 430 g/mol. The first kappa shape index (κ1) is 19.6. The van der Waals surface area contributed by atoms with Gasteiger partial charge < -0.3 is 9.88 Å². The molecule has 0 aliphatic carbocycles. The van der Waals surface area contributed by atoms with E-state index in [1.807, 2.05) is 42.5 Å². The second kappa shape index (κ2) is 8.03. The number of anilines is 1. The standard InChI is InChI=1S/C23H22N6OS/c1-14(2)13-20-27-28-23(31-20)26-19(30)11-12-29-18-10-6-3-7-15(18)21-22(29)25-17-9-5-4-8-16(17)24-21/h3-10,14H,11-13H2,1-2H3,(H,26,28,30). The van der Waals surface area contributed by atoms with Gasteiger partial charge >= 0.3 is 0 Å². The number of nitrogens with one attached hydrogen (secondary N) is 1. The van der Waals surface area contributed by atoms with E-state index in [9.17, 15) is 4.79 Å². The predicted molar refractivity (Wildman–Crippen MR) is 124 cm³/mol. The van der Waals surface area contributed by atoms with Crippen LogP contribution in [-0.4, -0.2) is 30.6 Å². The summed E-state index contributed by atoms with van der Waals surface area (Å²) in [5.74, 6) is 0.413. The largest absolute Gasteiger partial charge is 0.323 e. The number of aromatic nitrogens is 5. The molecular weight excluding hydrogens is 408 g/mol. The molecule has 156 valence electrons. The number of hydrogen-bond acceptors (Lipinski definition) is 6. The van der Waals surface area contributed by atoms with Gasteiger partial charge in [-0.2, -0.15) is 0 Å². The minimum Gasteiger partial charge on any atom is -0.323 e. The fourth-order valence-electron chi connectivity index (χ4n) is 3.74. The van der Waals surface area contributed by atoms with Crippen molar-refractivity contribution in [2.45, 2.75) is 33.2 Å². The number of fused-ring (bicyclic) bond motifs is 4. The Morgan fingerprint density at radius 1 is 1.03 bits per heavy atom. The minimum absolute atomic E-state index is 0.0908. The predicted octanol–water partition coefficient (Wildman–Crippen LogP) is 4.82. The normalized spacial score (nSPS) is 11.7. The highest BCUT2D eigenvalue weighted by Gasteiger charge is 2.16. The summed E-state index contributed by atoms with van der Waals surface area (Å²) in [5.41, 5.74) is 4.38. The van der Waals surface area contributed by atoms with E-state index in [-0.39, 0.29) is 5.91 Å². The third kappa shape index (κ3) is 3.86. The molecule has 3 aromatic heterocycles. The molecule has 0 spiro atoms. The van der Waals surface area contributed by atoms with Gasteiger partial charge in [0.25, 0.3) is 0 Å². The Hall–Kier alpha value is -3.39. The highest BCUT2D eigenvalue weighted by Crippen LogP contribution is 2.28. The maximum atomic E-state index is 12.6. The van der Waals surface area contributed by atoms with Crippen molar-refractivity contribution in [3.8, 4) is 0 Å². The summed E-state index contributed by atoms with van der Waals surface area (Å²) in [6, 6.07) is 15.9. The van der Waals surface area contributed by atoms with Gasteiger partial charge in [-0.15, -0.1) is 10.2 Å². The Bertz CT molecular complexity index is 1400. The molecule has 0 aliphatic heterocycles. The van der Waals surface area contributed by atoms with Crippen LogP contribution in [0.15, 0.2) is 48.5 Å². The number of carbonyl (C=O) groups excluding carboxylic acids is 1. The van der Waals surface area contributed by atoms with Crippen LogP contribution < -0.4 is 5.32 Å². The maximum absolute atomic E-state index is 12.6. The lowest BCUT2D eigenvalue weighted by Gasteiger charge is -2.07. The topological polar surface area (TPSA) is 85.6 Å². The van der Waals surface area contributed by atoms with E-state index in [2.05, 4.69) is 40.0 Å². The molecule has 0 bridgehead atoms. The maximum Gasteiger partial charge on any atom is 0.227 e. The van der Waals surface area contributed by atoms with Gasteiger partial charge in [-0.05, 0) is 24.1 Å². The molecule has 5 aromatic rings. The van der Waals surface area contributed by atoms with E-state index in [0.29, 0.717) is 24.0 Å². The number of carbonyl (C=O) groups is 1. The van der Waals surface area contributed by atoms with Crippen molar-refractivity contribution in [3.05, 3.63) is 53.5 Å². The third-order valence-electron chi connectivity index (χ3n) is 5.12. The third-order valence-corrected chi connectivity index (χ3v) is 5.98. The molecular formula is C23H22N6OS. The number of benzene rings is 2. The molecule has 0 radical (unpaired) electrons. The van der Waals surface area contributed by atoms with Crippen molar-refractivity contribution >= 4 is 55.5 Å². The van der Waals surface area contributed by atoms with Crippen LogP contribution in [0.5, 0.6) is 0 Å². The molecule has 2 aromatic carbocycles. The average molecular weight is 431 g/mol. The molecule has 0 unspecified atom stereocenters. The molecule has 0 aliphatic rings. The van der Waals surface area contributed by atoms with Gasteiger partial charge in [0, 0.05) is 24.8 Å². The number of rotatable bonds is 6. The Morgan fingerprint density at radius 3 is 2.58 bits per heavy atom. The first-order valence-electron chi connectivity index (χ1n) is 10.3. The van der Waals surface area contributed by atoms with Gasteiger partial charge in [0.2, 0.25) is 11.0 Å². The van der Waals surface area contributed by atoms with Crippen LogP contribution in [0, 0.1) is 5.92 Å². The van der Waals surface area contributed by atoms with Crippen molar-refractivity contribution in [2.24, 2.45) is 5.92 Å². The highest BCUT2D eigenvalue weighted by molar-refractivity contribution is 7.15. The second-order valence-corrected chi connectivity index (χ2v) is 9.01. The van der Waals surface area contributed by atoms with Crippen molar-refractivity contribution in [3.63, 3.8) is 0 Å². The molecule has 31 heavy (non-hydrogen) atoms. The summed E-state index contributed by atoms with van der Waals surface area (Å²) >= 11 is 1.44. The first-order valence-corrected chi connectivity index (χ1v) is 11.2. The summed E-state index contributed by atoms with van der Waals surface area (Å²) in [7, 11) is 0. The van der Waals surface area contributed by atoms with Crippen LogP contribution in [0.4, 0.5) is 5.13 Å². The van der Waals surface area contributed by atoms with E-state index in [1.54, 1.807) is 0 Å². The van der Waals surface area contributed by atoms with Crippen LogP contribution >= 0.6 is 11.3 Å². The summed E-state index contributed by atoms with van der Waals surface area (Å²) in [4.78, 5) is 22.3. The van der Waals surface area contributed by atoms with Crippen LogP contribution in [0.2, 0.25) is 0 Å². The molecule has 7 nitrogen and oxygen atoms in total. The number of para-hydroxylation sites is 3. The SMILES string of the molecule is CC(C)Cc1nnc(NC(=O)CCn2c3ccccc3c3nc4ccccc4nc32)s1. The number of nitrogens with zero attached hydrogens (tertiary/aromatic N) is 5. The summed E-state index contributed by atoms with van der Waals surface area (Å²) in [6.45, 7) is 4.77. The zero-order valence-corrected chi connectivity index (χ0v) is 18.2. The summed E-state index contributed by atoms with van der Waals surface area (Å²) < 4.78 is 2.08. The molecule has 1 N–H and O–H groups in total. The zero-order valence-electron chi connectivity index (χ0n) is 17.4. The van der Waals surface area contributed by atoms with Gasteiger partial charge in [-0.25, -0.2) is 9.97 Å². The molecule has 8 heteroatoms. The Labute approximate surface area is 183 Å². The lowest BCUT2D eigenvalue weighted by Crippen LogP contribution is -2.14. The zero-order chi connectivity index (χ0) is 21.4. The molecule has 1 amide bonds. The minimum atomic E-state index is -0.0908. The van der Waals surface area contributed by atoms with Crippen molar-refractivity contribution in [2.75, 3.05) is 5.32 Å². The molecule has 5 rings (SSSR count). The average Bonchev–Trinajstić information content (AvgIpc) is 3.31. The van der Waals surface area contributed by atoms with Crippen molar-refractivity contribution in [1.82, 2.24) is 24.7 Å². The van der Waals surface area contributed by atoms with Crippen molar-refractivity contribution in [1.29, 1.82) is 0 Å². The van der Waals surface area contributed by atoms with Gasteiger partial charge in [-0.3, -0.25) is 4.79 Å². The van der Waals surface area contributed by atoms with Crippen LogP contribution in [-0.2, 0) is 17.8 Å². The van der Waals surface area contributed by atoms with Crippen LogP contribution in [0.1, 0.15) is 25.3 Å². The molecule has 3 heterocycles. The van der Waals surface area contributed by atoms with Gasteiger partial charge in [-0.1, -0.05) is 55.5 Å². The van der Waals surface area contributed by atoms with Gasteiger partial charge in [0.1, 0.15) is 10.5 Å². The molecule has 0 saturated carbocycles. The number of amides is 1. The Morgan fingerprint density at radius 2 is 1.77 bits per heavy atom. The lowest BCUT2D eigenvalue weighted by atomic mass is 10.1. The van der Waals surface area contributed by atoms with Crippen LogP contribution in [0.25, 0.3) is 33.1 Å². The fraction of sp³-hybridized carbons (Fsp3) is 0.261. The quantitative estimate of drug-likeness (QED) is 0.418. The van der Waals surface area contributed by atoms with Crippen molar-refractivity contribution < 1.29 is 4.79 Å². The first-order chi connectivity index (χ1) is 15.1. The van der Waals surface area contributed by atoms with Crippen LogP contribution in [0.3, 0.4) is 0 Å². The Balaban J connectivity index is 1.42. The number of aryl methyl sites for hydroxylation is 1. The van der Waals surface area contributed by atoms with E-state index in [0.717, 1.165) is 44.5 Å².